The fourth-order valence-corrected chi connectivity index (χ4v) is 1.48. The molecule has 0 aliphatic carbocycles. The molecule has 0 saturated carbocycles. The highest BCUT2D eigenvalue weighted by Crippen LogP contribution is 2.12. The second-order valence-corrected chi connectivity index (χ2v) is 3.51. The number of carboxylic acids is 1. The van der Waals surface area contributed by atoms with E-state index in [1.54, 1.807) is 18.3 Å². The Bertz CT molecular complexity index is 547. The maximum Gasteiger partial charge on any atom is 0.337 e. The molecule has 3 heteroatoms. The molecule has 0 aliphatic rings. The van der Waals surface area contributed by atoms with Crippen LogP contribution >= 0.6 is 0 Å². The first-order valence-corrected chi connectivity index (χ1v) is 5.18. The largest absolute Gasteiger partial charge is 0.478 e. The summed E-state index contributed by atoms with van der Waals surface area (Å²) in [6, 6.07) is 11.4. The predicted molar refractivity (Wildman–Crippen MR) is 66.6 cm³/mol. The van der Waals surface area contributed by atoms with Crippen molar-refractivity contribution in [2.45, 2.75) is 0 Å². The molecule has 1 N–H and O–H groups in total. The van der Waals surface area contributed by atoms with Crippen molar-refractivity contribution in [3.05, 3.63) is 65.5 Å². The topological polar surface area (TPSA) is 50.2 Å². The van der Waals surface area contributed by atoms with Crippen LogP contribution in [0.4, 0.5) is 0 Å². The molecule has 0 saturated heterocycles. The van der Waals surface area contributed by atoms with Gasteiger partial charge in [0.05, 0.1) is 5.56 Å². The van der Waals surface area contributed by atoms with Crippen molar-refractivity contribution in [1.29, 1.82) is 0 Å². The third-order valence-corrected chi connectivity index (χ3v) is 2.34. The smallest absolute Gasteiger partial charge is 0.337 e. The van der Waals surface area contributed by atoms with Gasteiger partial charge in [0, 0.05) is 12.4 Å². The average Bonchev–Trinajstić information content (AvgIpc) is 2.38. The molecule has 1 heterocycles. The van der Waals surface area contributed by atoms with Gasteiger partial charge in [-0.2, -0.15) is 0 Å². The van der Waals surface area contributed by atoms with Crippen LogP contribution in [0.15, 0.2) is 48.8 Å². The molecule has 84 valence electrons. The second kappa shape index (κ2) is 5.07. The first-order chi connectivity index (χ1) is 8.27. The zero-order valence-corrected chi connectivity index (χ0v) is 9.08. The molecule has 0 atom stereocenters. The molecule has 2 aromatic rings. The van der Waals surface area contributed by atoms with Crippen LogP contribution < -0.4 is 0 Å². The molecule has 1 aromatic carbocycles. The van der Waals surface area contributed by atoms with Crippen molar-refractivity contribution in [3.63, 3.8) is 0 Å². The van der Waals surface area contributed by atoms with E-state index in [-0.39, 0.29) is 5.56 Å². The zero-order chi connectivity index (χ0) is 12.1. The van der Waals surface area contributed by atoms with Crippen molar-refractivity contribution in [1.82, 2.24) is 4.98 Å². The molecule has 3 nitrogen and oxygen atoms in total. The van der Waals surface area contributed by atoms with E-state index < -0.39 is 5.97 Å². The zero-order valence-electron chi connectivity index (χ0n) is 9.08. The highest BCUT2D eigenvalue weighted by atomic mass is 16.4. The molecule has 0 amide bonds. The van der Waals surface area contributed by atoms with Crippen LogP contribution in [0.1, 0.15) is 21.5 Å². The van der Waals surface area contributed by atoms with Crippen LogP contribution in [0.25, 0.3) is 12.2 Å². The fraction of sp³-hybridized carbons (Fsp3) is 0. The van der Waals surface area contributed by atoms with Gasteiger partial charge in [0.1, 0.15) is 0 Å². The van der Waals surface area contributed by atoms with Gasteiger partial charge in [0.2, 0.25) is 0 Å². The second-order valence-electron chi connectivity index (χ2n) is 3.51. The van der Waals surface area contributed by atoms with E-state index in [0.29, 0.717) is 5.56 Å². The van der Waals surface area contributed by atoms with Crippen LogP contribution in [-0.4, -0.2) is 16.1 Å². The van der Waals surface area contributed by atoms with E-state index in [9.17, 15) is 4.79 Å². The number of hydrogen-bond donors (Lipinski definition) is 1. The monoisotopic (exact) mass is 225 g/mol. The first kappa shape index (κ1) is 11.1. The SMILES string of the molecule is O=C(O)c1cnccc1/C=C/c1ccccc1. The summed E-state index contributed by atoms with van der Waals surface area (Å²) in [4.78, 5) is 14.8. The lowest BCUT2D eigenvalue weighted by Gasteiger charge is -1.99. The minimum absolute atomic E-state index is 0.208. The highest BCUT2D eigenvalue weighted by Gasteiger charge is 2.06. The number of nitrogens with zero attached hydrogens (tertiary/aromatic N) is 1. The molecule has 1 aromatic heterocycles. The van der Waals surface area contributed by atoms with Crippen LogP contribution in [0.5, 0.6) is 0 Å². The molecule has 0 spiro atoms. The number of carboxylic acid groups (broad SMARTS) is 1. The number of hydrogen-bond acceptors (Lipinski definition) is 2. The normalized spacial score (nSPS) is 10.6. The average molecular weight is 225 g/mol. The van der Waals surface area contributed by atoms with E-state index in [1.165, 1.54) is 6.20 Å². The van der Waals surface area contributed by atoms with Crippen molar-refractivity contribution >= 4 is 18.1 Å². The molecule has 0 aliphatic heterocycles. The van der Waals surface area contributed by atoms with Crippen LogP contribution in [-0.2, 0) is 0 Å². The minimum Gasteiger partial charge on any atom is -0.478 e. The van der Waals surface area contributed by atoms with Crippen molar-refractivity contribution < 1.29 is 9.90 Å². The Kier molecular flexibility index (Phi) is 3.31. The van der Waals surface area contributed by atoms with Gasteiger partial charge in [0.25, 0.3) is 0 Å². The number of benzene rings is 1. The highest BCUT2D eigenvalue weighted by molar-refractivity contribution is 5.93. The lowest BCUT2D eigenvalue weighted by molar-refractivity contribution is 0.0696. The minimum atomic E-state index is -0.967. The van der Waals surface area contributed by atoms with E-state index in [2.05, 4.69) is 4.98 Å². The van der Waals surface area contributed by atoms with Crippen molar-refractivity contribution in [2.24, 2.45) is 0 Å². The third kappa shape index (κ3) is 2.78. The Balaban J connectivity index is 2.30. The lowest BCUT2D eigenvalue weighted by Crippen LogP contribution is -1.99. The maximum absolute atomic E-state index is 11.0. The number of carbonyl (C=O) groups is 1. The lowest BCUT2D eigenvalue weighted by atomic mass is 10.1. The predicted octanol–water partition coefficient (Wildman–Crippen LogP) is 2.95. The quantitative estimate of drug-likeness (QED) is 0.873. The molecule has 2 rings (SSSR count). The Hall–Kier alpha value is -2.42. The van der Waals surface area contributed by atoms with Gasteiger partial charge in [-0.1, -0.05) is 42.5 Å². The molecule has 0 radical (unpaired) electrons. The summed E-state index contributed by atoms with van der Waals surface area (Å²) in [5, 5.41) is 8.99. The maximum atomic E-state index is 11.0. The molecular weight excluding hydrogens is 214 g/mol. The molecule has 0 bridgehead atoms. The summed E-state index contributed by atoms with van der Waals surface area (Å²) >= 11 is 0. The summed E-state index contributed by atoms with van der Waals surface area (Å²) in [5.41, 5.74) is 1.89. The number of pyridine rings is 1. The van der Waals surface area contributed by atoms with Gasteiger partial charge in [-0.25, -0.2) is 4.79 Å². The standard InChI is InChI=1S/C14H11NO2/c16-14(17)13-10-15-9-8-12(13)7-6-11-4-2-1-3-5-11/h1-10H,(H,16,17)/b7-6+. The first-order valence-electron chi connectivity index (χ1n) is 5.18. The Morgan fingerprint density at radius 3 is 2.59 bits per heavy atom. The molecule has 0 fully saturated rings. The number of rotatable bonds is 3. The van der Waals surface area contributed by atoms with Crippen molar-refractivity contribution in [2.75, 3.05) is 0 Å². The summed E-state index contributed by atoms with van der Waals surface area (Å²) in [6.07, 6.45) is 6.59. The van der Waals surface area contributed by atoms with E-state index in [4.69, 9.17) is 5.11 Å². The van der Waals surface area contributed by atoms with E-state index >= 15 is 0 Å². The van der Waals surface area contributed by atoms with E-state index in [1.807, 2.05) is 36.4 Å². The van der Waals surface area contributed by atoms with Crippen molar-refractivity contribution in [3.8, 4) is 0 Å². The van der Waals surface area contributed by atoms with Gasteiger partial charge in [-0.15, -0.1) is 0 Å². The number of aromatic nitrogens is 1. The summed E-state index contributed by atoms with van der Waals surface area (Å²) in [5.74, 6) is -0.967. The summed E-state index contributed by atoms with van der Waals surface area (Å²) < 4.78 is 0. The van der Waals surface area contributed by atoms with Gasteiger partial charge in [-0.05, 0) is 17.2 Å². The Morgan fingerprint density at radius 2 is 1.88 bits per heavy atom. The summed E-state index contributed by atoms with van der Waals surface area (Å²) in [6.45, 7) is 0. The third-order valence-electron chi connectivity index (χ3n) is 2.34. The van der Waals surface area contributed by atoms with E-state index in [0.717, 1.165) is 5.56 Å². The van der Waals surface area contributed by atoms with Crippen LogP contribution in [0.3, 0.4) is 0 Å². The Morgan fingerprint density at radius 1 is 1.12 bits per heavy atom. The van der Waals surface area contributed by atoms with Crippen LogP contribution in [0, 0.1) is 0 Å². The van der Waals surface area contributed by atoms with Gasteiger partial charge < -0.3 is 5.11 Å². The molecule has 17 heavy (non-hydrogen) atoms. The number of aromatic carboxylic acids is 1. The van der Waals surface area contributed by atoms with Crippen LogP contribution in [0.2, 0.25) is 0 Å². The molecular formula is C14H11NO2. The molecule has 0 unspecified atom stereocenters. The Labute approximate surface area is 99.1 Å². The van der Waals surface area contributed by atoms with Gasteiger partial charge in [0.15, 0.2) is 0 Å². The van der Waals surface area contributed by atoms with Gasteiger partial charge in [-0.3, -0.25) is 4.98 Å². The van der Waals surface area contributed by atoms with Gasteiger partial charge >= 0.3 is 5.97 Å². The fourth-order valence-electron chi connectivity index (χ4n) is 1.48. The summed E-state index contributed by atoms with van der Waals surface area (Å²) in [7, 11) is 0.